The summed E-state index contributed by atoms with van der Waals surface area (Å²) >= 11 is 0. The van der Waals surface area contributed by atoms with Crippen LogP contribution >= 0.6 is 0 Å². The van der Waals surface area contributed by atoms with Gasteiger partial charge in [-0.1, -0.05) is 0 Å². The number of hydrogen-bond donors (Lipinski definition) is 0. The minimum atomic E-state index is -0.374. The fourth-order valence-electron chi connectivity index (χ4n) is 0.914. The average Bonchev–Trinajstić information content (AvgIpc) is 2.28. The monoisotopic (exact) mass is 153 g/mol. The highest BCUT2D eigenvalue weighted by Gasteiger charge is 2.31. The molecule has 0 aromatic carbocycles. The van der Waals surface area contributed by atoms with Crippen molar-refractivity contribution in [3.63, 3.8) is 0 Å². The van der Waals surface area contributed by atoms with Crippen LogP contribution in [-0.2, 0) is 14.3 Å². The van der Waals surface area contributed by atoms with E-state index in [9.17, 15) is 9.59 Å². The molecule has 11 heavy (non-hydrogen) atoms. The van der Waals surface area contributed by atoms with Gasteiger partial charge in [0.25, 0.3) is 0 Å². The van der Waals surface area contributed by atoms with Crippen molar-refractivity contribution in [1.82, 2.24) is 0 Å². The number of carbonyl (C=O) groups is 2. The Labute approximate surface area is 65.7 Å². The predicted octanol–water partition coefficient (Wildman–Crippen LogP) is 0.504. The van der Waals surface area contributed by atoms with E-state index >= 15 is 0 Å². The lowest BCUT2D eigenvalue weighted by Crippen LogP contribution is -2.06. The van der Waals surface area contributed by atoms with E-state index in [1.54, 1.807) is 6.42 Å². The minimum Gasteiger partial charge on any atom is -0.462 e. The van der Waals surface area contributed by atoms with E-state index in [2.05, 4.69) is 6.92 Å². The summed E-state index contributed by atoms with van der Waals surface area (Å²) in [7, 11) is 0. The van der Waals surface area contributed by atoms with Gasteiger partial charge in [-0.05, 0) is 13.3 Å². The zero-order valence-corrected chi connectivity index (χ0v) is 6.08. The fraction of sp³-hybridized carbons (Fsp3) is 0.375. The van der Waals surface area contributed by atoms with Crippen molar-refractivity contribution in [1.29, 1.82) is 0 Å². The molecule has 0 aromatic rings. The maximum Gasteiger partial charge on any atom is 0.313 e. The van der Waals surface area contributed by atoms with Crippen LogP contribution in [-0.4, -0.2) is 18.4 Å². The highest BCUT2D eigenvalue weighted by molar-refractivity contribution is 5.90. The number of esters is 1. The molecule has 1 rings (SSSR count). The Kier molecular flexibility index (Phi) is 2.63. The Bertz CT molecular complexity index is 165. The van der Waals surface area contributed by atoms with Crippen LogP contribution < -0.4 is 0 Å². The van der Waals surface area contributed by atoms with Gasteiger partial charge < -0.3 is 9.53 Å². The molecule has 0 aromatic heterocycles. The van der Waals surface area contributed by atoms with E-state index < -0.39 is 0 Å². The lowest BCUT2D eigenvalue weighted by molar-refractivity contribution is -0.140. The third kappa shape index (κ3) is 2.03. The maximum absolute atomic E-state index is 10.7. The van der Waals surface area contributed by atoms with Crippen molar-refractivity contribution in [3.8, 4) is 0 Å². The van der Waals surface area contributed by atoms with Crippen LogP contribution in [0.1, 0.15) is 12.8 Å². The second-order valence-corrected chi connectivity index (χ2v) is 2.38. The third-order valence-corrected chi connectivity index (χ3v) is 1.48. The van der Waals surface area contributed by atoms with Crippen LogP contribution in [0, 0.1) is 19.3 Å². The second kappa shape index (κ2) is 3.51. The van der Waals surface area contributed by atoms with E-state index in [0.717, 1.165) is 6.29 Å². The molecule has 0 N–H and O–H groups in total. The Morgan fingerprint density at radius 1 is 1.73 bits per heavy atom. The van der Waals surface area contributed by atoms with Crippen molar-refractivity contribution in [2.24, 2.45) is 0 Å². The molecule has 59 valence electrons. The van der Waals surface area contributed by atoms with Gasteiger partial charge in [-0.3, -0.25) is 4.79 Å². The Morgan fingerprint density at radius 2 is 2.45 bits per heavy atom. The van der Waals surface area contributed by atoms with Gasteiger partial charge in [-0.25, -0.2) is 0 Å². The standard InChI is InChI=1S/C8H9O3/c1-6-5-7(3-2-4-9)11-8(6)10/h4-5,7H,1-3H2. The minimum absolute atomic E-state index is 0.236. The van der Waals surface area contributed by atoms with Crippen LogP contribution in [0.4, 0.5) is 0 Å². The van der Waals surface area contributed by atoms with Crippen molar-refractivity contribution in [3.05, 3.63) is 19.3 Å². The summed E-state index contributed by atoms with van der Waals surface area (Å²) in [6.07, 6.45) is 3.20. The molecule has 1 aliphatic rings. The zero-order chi connectivity index (χ0) is 8.27. The molecule has 3 heteroatoms. The molecule has 3 nitrogen and oxygen atoms in total. The lowest BCUT2D eigenvalue weighted by Gasteiger charge is -2.03. The molecule has 0 spiro atoms. The van der Waals surface area contributed by atoms with Gasteiger partial charge in [-0.15, -0.1) is 0 Å². The number of cyclic esters (lactones) is 1. The van der Waals surface area contributed by atoms with E-state index in [1.807, 2.05) is 0 Å². The topological polar surface area (TPSA) is 43.4 Å². The molecular weight excluding hydrogens is 144 g/mol. The van der Waals surface area contributed by atoms with Gasteiger partial charge in [-0.2, -0.15) is 0 Å². The van der Waals surface area contributed by atoms with Crippen LogP contribution in [0.5, 0.6) is 0 Å². The van der Waals surface area contributed by atoms with Crippen LogP contribution in [0.25, 0.3) is 0 Å². The zero-order valence-electron chi connectivity index (χ0n) is 6.08. The highest BCUT2D eigenvalue weighted by atomic mass is 16.5. The molecule has 1 unspecified atom stereocenters. The van der Waals surface area contributed by atoms with Crippen molar-refractivity contribution < 1.29 is 14.3 Å². The van der Waals surface area contributed by atoms with Gasteiger partial charge >= 0.3 is 5.97 Å². The summed E-state index contributed by atoms with van der Waals surface area (Å²) in [4.78, 5) is 20.7. The average molecular weight is 153 g/mol. The number of ether oxygens (including phenoxy) is 1. The van der Waals surface area contributed by atoms with Crippen LogP contribution in [0.15, 0.2) is 0 Å². The quantitative estimate of drug-likeness (QED) is 0.438. The largest absolute Gasteiger partial charge is 0.462 e. The Morgan fingerprint density at radius 3 is 2.91 bits per heavy atom. The first-order valence-corrected chi connectivity index (χ1v) is 3.42. The number of carbonyl (C=O) groups excluding carboxylic acids is 2. The SMILES string of the molecule is [CH2][C]1[CH]C(CCC=O)OC1=O. The summed E-state index contributed by atoms with van der Waals surface area (Å²) in [5, 5.41) is 0. The van der Waals surface area contributed by atoms with Crippen molar-refractivity contribution in [2.75, 3.05) is 0 Å². The molecule has 1 aliphatic heterocycles. The van der Waals surface area contributed by atoms with E-state index in [0.29, 0.717) is 18.8 Å². The molecule has 1 fully saturated rings. The Hall–Kier alpha value is -0.860. The molecule has 3 radical (unpaired) electrons. The molecule has 0 amide bonds. The normalized spacial score (nSPS) is 25.2. The van der Waals surface area contributed by atoms with E-state index in [4.69, 9.17) is 4.74 Å². The van der Waals surface area contributed by atoms with Crippen LogP contribution in [0.3, 0.4) is 0 Å². The van der Waals surface area contributed by atoms with Gasteiger partial charge in [0.1, 0.15) is 12.4 Å². The van der Waals surface area contributed by atoms with Gasteiger partial charge in [0, 0.05) is 12.8 Å². The molecule has 1 heterocycles. The second-order valence-electron chi connectivity index (χ2n) is 2.38. The summed E-state index contributed by atoms with van der Waals surface area (Å²) in [6, 6.07) is 0. The molecule has 1 saturated heterocycles. The highest BCUT2D eigenvalue weighted by Crippen LogP contribution is 2.23. The summed E-state index contributed by atoms with van der Waals surface area (Å²) in [5.74, 6) is 0.0156. The smallest absolute Gasteiger partial charge is 0.313 e. The fourth-order valence-corrected chi connectivity index (χ4v) is 0.914. The first-order chi connectivity index (χ1) is 5.24. The summed E-state index contributed by atoms with van der Waals surface area (Å²) in [5.41, 5.74) is 0. The number of hydrogen-bond acceptors (Lipinski definition) is 3. The number of aldehydes is 1. The first-order valence-electron chi connectivity index (χ1n) is 3.42. The lowest BCUT2D eigenvalue weighted by atomic mass is 10.1. The van der Waals surface area contributed by atoms with Crippen LogP contribution in [0.2, 0.25) is 0 Å². The van der Waals surface area contributed by atoms with Gasteiger partial charge in [0.05, 0.1) is 5.92 Å². The molecule has 0 saturated carbocycles. The van der Waals surface area contributed by atoms with E-state index in [-0.39, 0.29) is 12.1 Å². The maximum atomic E-state index is 10.7. The predicted molar refractivity (Wildman–Crippen MR) is 38.1 cm³/mol. The molecular formula is C8H9O3. The van der Waals surface area contributed by atoms with Crippen molar-refractivity contribution in [2.45, 2.75) is 18.9 Å². The van der Waals surface area contributed by atoms with E-state index in [1.165, 1.54) is 0 Å². The Balaban J connectivity index is 2.29. The molecule has 0 bridgehead atoms. The van der Waals surface area contributed by atoms with Crippen molar-refractivity contribution >= 4 is 12.3 Å². The third-order valence-electron chi connectivity index (χ3n) is 1.48. The summed E-state index contributed by atoms with van der Waals surface area (Å²) in [6.45, 7) is 3.48. The first kappa shape index (κ1) is 8.24. The number of rotatable bonds is 3. The molecule has 1 atom stereocenters. The summed E-state index contributed by atoms with van der Waals surface area (Å²) < 4.78 is 4.82. The molecule has 0 aliphatic carbocycles. The van der Waals surface area contributed by atoms with Gasteiger partial charge in [0.2, 0.25) is 0 Å². The van der Waals surface area contributed by atoms with Gasteiger partial charge in [0.15, 0.2) is 0 Å².